The van der Waals surface area contributed by atoms with Gasteiger partial charge in [-0.2, -0.15) is 0 Å². The van der Waals surface area contributed by atoms with Gasteiger partial charge in [-0.05, 0) is 92.3 Å². The van der Waals surface area contributed by atoms with Crippen LogP contribution in [0, 0.1) is 11.6 Å². The summed E-state index contributed by atoms with van der Waals surface area (Å²) in [6.45, 7) is 7.61. The van der Waals surface area contributed by atoms with Crippen LogP contribution in [0.4, 0.5) is 19.3 Å². The van der Waals surface area contributed by atoms with Gasteiger partial charge < -0.3 is 15.4 Å². The average molecular weight is 508 g/mol. The van der Waals surface area contributed by atoms with Crippen molar-refractivity contribution >= 4 is 11.8 Å². The van der Waals surface area contributed by atoms with Crippen LogP contribution in [0.1, 0.15) is 43.0 Å². The third-order valence-corrected chi connectivity index (χ3v) is 6.53. The van der Waals surface area contributed by atoms with Crippen molar-refractivity contribution in [3.63, 3.8) is 0 Å². The lowest BCUT2D eigenvalue weighted by Gasteiger charge is -2.38. The summed E-state index contributed by atoms with van der Waals surface area (Å²) < 4.78 is 33.2. The Hall–Kier alpha value is -3.45. The number of nitrogens with two attached hydrogens (primary N) is 1. The lowest BCUT2D eigenvalue weighted by molar-refractivity contribution is 0.0198. The molecule has 1 heterocycles. The highest BCUT2D eigenvalue weighted by Crippen LogP contribution is 2.27. The number of halogens is 2. The smallest absolute Gasteiger partial charge is 0.410 e. The zero-order valence-corrected chi connectivity index (χ0v) is 21.7. The molecule has 3 aromatic carbocycles. The van der Waals surface area contributed by atoms with Gasteiger partial charge in [-0.3, -0.25) is 4.90 Å². The Labute approximate surface area is 217 Å². The van der Waals surface area contributed by atoms with Gasteiger partial charge in [-0.25, -0.2) is 13.6 Å². The molecular formula is C30H35F2N3O2. The summed E-state index contributed by atoms with van der Waals surface area (Å²) in [5.41, 5.74) is 10.00. The molecule has 1 unspecified atom stereocenters. The molecule has 196 valence electrons. The van der Waals surface area contributed by atoms with Crippen LogP contribution in [0.3, 0.4) is 0 Å². The largest absolute Gasteiger partial charge is 0.444 e. The molecule has 0 radical (unpaired) electrons. The molecule has 0 aliphatic carbocycles. The fraction of sp³-hybridized carbons (Fsp3) is 0.367. The Kier molecular flexibility index (Phi) is 8.13. The standard InChI is InChI=1S/C30H35F2N3O2/c1-30(2,3)37-29(36)35(19-22-5-4-6-27(33)15-22)14-13-34-20-23-9-12-26(32)17-24(23)18-28(34)16-21-7-10-25(31)11-8-21/h4-12,15,17,28H,13-14,16,18-20,33H2,1-3H3. The van der Waals surface area contributed by atoms with E-state index in [-0.39, 0.29) is 23.8 Å². The maximum atomic E-state index is 14.0. The van der Waals surface area contributed by atoms with Crippen LogP contribution in [0.5, 0.6) is 0 Å². The second-order valence-electron chi connectivity index (χ2n) is 10.7. The number of rotatable bonds is 7. The molecule has 7 heteroatoms. The number of carbonyl (C=O) groups is 1. The van der Waals surface area contributed by atoms with E-state index in [1.54, 1.807) is 23.1 Å². The molecule has 3 aromatic rings. The number of hydrogen-bond acceptors (Lipinski definition) is 4. The van der Waals surface area contributed by atoms with Crippen molar-refractivity contribution < 1.29 is 18.3 Å². The van der Waals surface area contributed by atoms with Crippen LogP contribution in [0.2, 0.25) is 0 Å². The average Bonchev–Trinajstić information content (AvgIpc) is 2.82. The fourth-order valence-electron chi connectivity index (χ4n) is 4.75. The highest BCUT2D eigenvalue weighted by atomic mass is 19.1. The lowest BCUT2D eigenvalue weighted by atomic mass is 9.90. The van der Waals surface area contributed by atoms with Crippen molar-refractivity contribution in [2.24, 2.45) is 0 Å². The van der Waals surface area contributed by atoms with E-state index in [0.29, 0.717) is 44.7 Å². The highest BCUT2D eigenvalue weighted by Gasteiger charge is 2.29. The first-order chi connectivity index (χ1) is 17.6. The SMILES string of the molecule is CC(C)(C)OC(=O)N(CCN1Cc2ccc(F)cc2CC1Cc1ccc(F)cc1)Cc1cccc(N)c1. The number of benzene rings is 3. The zero-order valence-electron chi connectivity index (χ0n) is 21.7. The lowest BCUT2D eigenvalue weighted by Crippen LogP contribution is -2.47. The molecule has 4 rings (SSSR count). The number of ether oxygens (including phenoxy) is 1. The van der Waals surface area contributed by atoms with Crippen molar-refractivity contribution in [2.45, 2.75) is 58.3 Å². The highest BCUT2D eigenvalue weighted by molar-refractivity contribution is 5.68. The Morgan fingerprint density at radius 1 is 1.00 bits per heavy atom. The van der Waals surface area contributed by atoms with E-state index < -0.39 is 5.60 Å². The first-order valence-electron chi connectivity index (χ1n) is 12.6. The molecule has 1 atom stereocenters. The molecule has 1 amide bonds. The van der Waals surface area contributed by atoms with E-state index in [1.165, 1.54) is 18.2 Å². The number of hydrogen-bond donors (Lipinski definition) is 1. The molecule has 0 aromatic heterocycles. The van der Waals surface area contributed by atoms with Gasteiger partial charge in [0.1, 0.15) is 17.2 Å². The molecule has 2 N–H and O–H groups in total. The third-order valence-electron chi connectivity index (χ3n) is 6.53. The summed E-state index contributed by atoms with van der Waals surface area (Å²) in [7, 11) is 0. The molecule has 0 saturated heterocycles. The second-order valence-corrected chi connectivity index (χ2v) is 10.7. The van der Waals surface area contributed by atoms with Crippen LogP contribution in [-0.4, -0.2) is 40.6 Å². The van der Waals surface area contributed by atoms with Gasteiger partial charge in [0.15, 0.2) is 0 Å². The number of amides is 1. The fourth-order valence-corrected chi connectivity index (χ4v) is 4.75. The van der Waals surface area contributed by atoms with Crippen molar-refractivity contribution in [1.82, 2.24) is 9.80 Å². The number of anilines is 1. The van der Waals surface area contributed by atoms with Gasteiger partial charge in [-0.1, -0.05) is 30.3 Å². The van der Waals surface area contributed by atoms with E-state index in [9.17, 15) is 13.6 Å². The summed E-state index contributed by atoms with van der Waals surface area (Å²) in [5, 5.41) is 0. The van der Waals surface area contributed by atoms with Crippen LogP contribution in [0.15, 0.2) is 66.7 Å². The first kappa shape index (κ1) is 26.6. The maximum Gasteiger partial charge on any atom is 0.410 e. The molecule has 0 saturated carbocycles. The molecule has 0 bridgehead atoms. The number of nitrogens with zero attached hydrogens (tertiary/aromatic N) is 2. The van der Waals surface area contributed by atoms with Crippen LogP contribution >= 0.6 is 0 Å². The summed E-state index contributed by atoms with van der Waals surface area (Å²) in [4.78, 5) is 17.2. The topological polar surface area (TPSA) is 58.8 Å². The number of nitrogen functional groups attached to an aromatic ring is 1. The van der Waals surface area contributed by atoms with E-state index >= 15 is 0 Å². The Balaban J connectivity index is 1.54. The monoisotopic (exact) mass is 507 g/mol. The Bertz CT molecular complexity index is 1220. The third kappa shape index (κ3) is 7.52. The summed E-state index contributed by atoms with van der Waals surface area (Å²) >= 11 is 0. The summed E-state index contributed by atoms with van der Waals surface area (Å²) in [6.07, 6.45) is 0.980. The van der Waals surface area contributed by atoms with Crippen LogP contribution < -0.4 is 5.73 Å². The van der Waals surface area contributed by atoms with Crippen molar-refractivity contribution in [1.29, 1.82) is 0 Å². The van der Waals surface area contributed by atoms with Gasteiger partial charge in [0.25, 0.3) is 0 Å². The van der Waals surface area contributed by atoms with Gasteiger partial charge in [0.05, 0.1) is 0 Å². The zero-order chi connectivity index (χ0) is 26.6. The first-order valence-corrected chi connectivity index (χ1v) is 12.6. The minimum absolute atomic E-state index is 0.0765. The van der Waals surface area contributed by atoms with Gasteiger partial charge in [0.2, 0.25) is 0 Å². The quantitative estimate of drug-likeness (QED) is 0.401. The molecule has 5 nitrogen and oxygen atoms in total. The van der Waals surface area contributed by atoms with E-state index in [0.717, 1.165) is 22.3 Å². The van der Waals surface area contributed by atoms with Crippen molar-refractivity contribution in [3.05, 3.63) is 101 Å². The van der Waals surface area contributed by atoms with Crippen LogP contribution in [-0.2, 0) is 30.7 Å². The summed E-state index contributed by atoms with van der Waals surface area (Å²) in [6, 6.07) is 19.0. The predicted octanol–water partition coefficient (Wildman–Crippen LogP) is 5.95. The second kappa shape index (κ2) is 11.3. The van der Waals surface area contributed by atoms with Gasteiger partial charge in [-0.15, -0.1) is 0 Å². The number of fused-ring (bicyclic) bond motifs is 1. The summed E-state index contributed by atoms with van der Waals surface area (Å²) in [5.74, 6) is -0.516. The molecule has 0 spiro atoms. The molecule has 1 aliphatic rings. The van der Waals surface area contributed by atoms with Crippen LogP contribution in [0.25, 0.3) is 0 Å². The molecule has 1 aliphatic heterocycles. The molecular weight excluding hydrogens is 472 g/mol. The van der Waals surface area contributed by atoms with E-state index in [4.69, 9.17) is 10.5 Å². The van der Waals surface area contributed by atoms with E-state index in [2.05, 4.69) is 4.90 Å². The van der Waals surface area contributed by atoms with Crippen molar-refractivity contribution in [2.75, 3.05) is 18.8 Å². The molecule has 37 heavy (non-hydrogen) atoms. The minimum atomic E-state index is -0.621. The number of carbonyl (C=O) groups excluding carboxylic acids is 1. The normalized spacial score (nSPS) is 15.8. The maximum absolute atomic E-state index is 14.0. The van der Waals surface area contributed by atoms with E-state index in [1.807, 2.05) is 51.1 Å². The molecule has 0 fully saturated rings. The Morgan fingerprint density at radius 3 is 2.43 bits per heavy atom. The Morgan fingerprint density at radius 2 is 1.73 bits per heavy atom. The minimum Gasteiger partial charge on any atom is -0.444 e. The predicted molar refractivity (Wildman–Crippen MR) is 142 cm³/mol. The van der Waals surface area contributed by atoms with Crippen molar-refractivity contribution in [3.8, 4) is 0 Å². The van der Waals surface area contributed by atoms with Gasteiger partial charge in [0, 0.05) is 37.9 Å². The van der Waals surface area contributed by atoms with Gasteiger partial charge >= 0.3 is 6.09 Å².